The minimum absolute atomic E-state index is 0.422. The van der Waals surface area contributed by atoms with Gasteiger partial charge in [0.1, 0.15) is 0 Å². The Morgan fingerprint density at radius 2 is 1.92 bits per heavy atom. The fourth-order valence-corrected chi connectivity index (χ4v) is 2.19. The molecular weight excluding hydrogens is 298 g/mol. The standard InChI is InChI=1S/C20H27N3O/c1-15(2)23(5)14-21-19-10-11-20(22-17(19)4)24-13-12-18-9-7-6-8-16(18)3/h6-11,14-15H,12-13H2,1-5H3/b21-14+. The van der Waals surface area contributed by atoms with Crippen LogP contribution in [0.15, 0.2) is 41.4 Å². The number of hydrogen-bond donors (Lipinski definition) is 0. The van der Waals surface area contributed by atoms with Gasteiger partial charge in [-0.15, -0.1) is 0 Å². The molecule has 128 valence electrons. The van der Waals surface area contributed by atoms with Crippen molar-refractivity contribution in [2.75, 3.05) is 13.7 Å². The van der Waals surface area contributed by atoms with Crippen LogP contribution in [0.3, 0.4) is 0 Å². The lowest BCUT2D eigenvalue weighted by Crippen LogP contribution is -2.24. The number of benzene rings is 1. The highest BCUT2D eigenvalue weighted by molar-refractivity contribution is 5.62. The van der Waals surface area contributed by atoms with Gasteiger partial charge >= 0.3 is 0 Å². The summed E-state index contributed by atoms with van der Waals surface area (Å²) in [6.07, 6.45) is 2.72. The Balaban J connectivity index is 1.93. The zero-order valence-corrected chi connectivity index (χ0v) is 15.3. The highest BCUT2D eigenvalue weighted by atomic mass is 16.5. The summed E-state index contributed by atoms with van der Waals surface area (Å²) >= 11 is 0. The Hall–Kier alpha value is -2.36. The van der Waals surface area contributed by atoms with E-state index in [1.165, 1.54) is 11.1 Å². The van der Waals surface area contributed by atoms with Crippen LogP contribution in [0.25, 0.3) is 0 Å². The van der Waals surface area contributed by atoms with E-state index in [4.69, 9.17) is 4.74 Å². The molecule has 4 nitrogen and oxygen atoms in total. The Kier molecular flexibility index (Phi) is 6.36. The van der Waals surface area contributed by atoms with Crippen molar-refractivity contribution in [3.05, 3.63) is 53.2 Å². The maximum absolute atomic E-state index is 5.79. The van der Waals surface area contributed by atoms with Crippen molar-refractivity contribution in [3.63, 3.8) is 0 Å². The first kappa shape index (κ1) is 18.0. The maximum atomic E-state index is 5.79. The molecule has 0 bridgehead atoms. The molecule has 1 heterocycles. The number of pyridine rings is 1. The first-order valence-electron chi connectivity index (χ1n) is 8.38. The zero-order valence-electron chi connectivity index (χ0n) is 15.3. The third-order valence-electron chi connectivity index (χ3n) is 4.11. The summed E-state index contributed by atoms with van der Waals surface area (Å²) < 4.78 is 5.79. The fraction of sp³-hybridized carbons (Fsp3) is 0.400. The molecule has 2 rings (SSSR count). The molecule has 0 aliphatic rings. The van der Waals surface area contributed by atoms with Crippen LogP contribution >= 0.6 is 0 Å². The smallest absolute Gasteiger partial charge is 0.213 e. The molecule has 4 heteroatoms. The molecule has 2 aromatic rings. The zero-order chi connectivity index (χ0) is 17.5. The lowest BCUT2D eigenvalue weighted by atomic mass is 10.1. The van der Waals surface area contributed by atoms with Gasteiger partial charge < -0.3 is 9.64 Å². The summed E-state index contributed by atoms with van der Waals surface area (Å²) in [6, 6.07) is 12.6. The summed E-state index contributed by atoms with van der Waals surface area (Å²) in [5.41, 5.74) is 4.35. The number of rotatable bonds is 7. The highest BCUT2D eigenvalue weighted by Crippen LogP contribution is 2.20. The molecule has 0 spiro atoms. The van der Waals surface area contributed by atoms with Gasteiger partial charge in [0.25, 0.3) is 0 Å². The van der Waals surface area contributed by atoms with Gasteiger partial charge in [-0.1, -0.05) is 24.3 Å². The largest absolute Gasteiger partial charge is 0.477 e. The molecule has 1 aromatic heterocycles. The van der Waals surface area contributed by atoms with Crippen LogP contribution in [0.4, 0.5) is 5.69 Å². The molecule has 0 atom stereocenters. The third-order valence-corrected chi connectivity index (χ3v) is 4.11. The first-order valence-corrected chi connectivity index (χ1v) is 8.38. The SMILES string of the molecule is Cc1ccccc1CCOc1ccc(/N=C/N(C)C(C)C)c(C)n1. The Morgan fingerprint density at radius 3 is 2.58 bits per heavy atom. The van der Waals surface area contributed by atoms with Crippen LogP contribution in [0.1, 0.15) is 30.7 Å². The predicted molar refractivity (Wildman–Crippen MR) is 100 cm³/mol. The molecule has 0 aliphatic heterocycles. The van der Waals surface area contributed by atoms with Crippen molar-refractivity contribution in [1.82, 2.24) is 9.88 Å². The lowest BCUT2D eigenvalue weighted by molar-refractivity contribution is 0.309. The fourth-order valence-electron chi connectivity index (χ4n) is 2.19. The number of aromatic nitrogens is 1. The second kappa shape index (κ2) is 8.48. The molecule has 0 radical (unpaired) electrons. The minimum atomic E-state index is 0.422. The second-order valence-electron chi connectivity index (χ2n) is 6.28. The molecular formula is C20H27N3O. The van der Waals surface area contributed by atoms with Gasteiger partial charge in [-0.05, 0) is 44.9 Å². The highest BCUT2D eigenvalue weighted by Gasteiger charge is 2.04. The van der Waals surface area contributed by atoms with Crippen LogP contribution in [0, 0.1) is 13.8 Å². The Labute approximate surface area is 145 Å². The summed E-state index contributed by atoms with van der Waals surface area (Å²) in [6.45, 7) is 8.95. The van der Waals surface area contributed by atoms with Crippen molar-refractivity contribution in [2.24, 2.45) is 4.99 Å². The van der Waals surface area contributed by atoms with E-state index in [0.717, 1.165) is 17.8 Å². The Morgan fingerprint density at radius 1 is 1.17 bits per heavy atom. The normalized spacial score (nSPS) is 11.2. The van der Waals surface area contributed by atoms with Gasteiger partial charge in [0.05, 0.1) is 24.3 Å². The average Bonchev–Trinajstić information content (AvgIpc) is 2.55. The van der Waals surface area contributed by atoms with Crippen molar-refractivity contribution in [3.8, 4) is 5.88 Å². The van der Waals surface area contributed by atoms with Gasteiger partial charge in [0.2, 0.25) is 5.88 Å². The van der Waals surface area contributed by atoms with E-state index < -0.39 is 0 Å². The quantitative estimate of drug-likeness (QED) is 0.562. The van der Waals surface area contributed by atoms with Crippen molar-refractivity contribution in [2.45, 2.75) is 40.2 Å². The van der Waals surface area contributed by atoms with E-state index >= 15 is 0 Å². The second-order valence-corrected chi connectivity index (χ2v) is 6.28. The van der Waals surface area contributed by atoms with Crippen molar-refractivity contribution in [1.29, 1.82) is 0 Å². The van der Waals surface area contributed by atoms with E-state index in [2.05, 4.69) is 59.9 Å². The number of aryl methyl sites for hydroxylation is 2. The number of nitrogens with zero attached hydrogens (tertiary/aromatic N) is 3. The lowest BCUT2D eigenvalue weighted by Gasteiger charge is -2.17. The molecule has 0 N–H and O–H groups in total. The molecule has 0 unspecified atom stereocenters. The van der Waals surface area contributed by atoms with Crippen molar-refractivity contribution < 1.29 is 4.74 Å². The van der Waals surface area contributed by atoms with E-state index in [1.807, 2.05) is 32.4 Å². The molecule has 0 amide bonds. The van der Waals surface area contributed by atoms with Gasteiger partial charge in [-0.25, -0.2) is 9.98 Å². The van der Waals surface area contributed by atoms with Gasteiger partial charge in [-0.3, -0.25) is 0 Å². The molecule has 0 saturated heterocycles. The predicted octanol–water partition coefficient (Wildman–Crippen LogP) is 4.32. The number of ether oxygens (including phenoxy) is 1. The average molecular weight is 325 g/mol. The van der Waals surface area contributed by atoms with E-state index in [1.54, 1.807) is 0 Å². The van der Waals surface area contributed by atoms with Crippen LogP contribution in [-0.2, 0) is 6.42 Å². The van der Waals surface area contributed by atoms with Gasteiger partial charge in [0, 0.05) is 25.6 Å². The minimum Gasteiger partial charge on any atom is -0.477 e. The van der Waals surface area contributed by atoms with E-state index in [0.29, 0.717) is 18.5 Å². The molecule has 24 heavy (non-hydrogen) atoms. The molecule has 0 saturated carbocycles. The van der Waals surface area contributed by atoms with E-state index in [9.17, 15) is 0 Å². The summed E-state index contributed by atoms with van der Waals surface area (Å²) in [5, 5.41) is 0. The van der Waals surface area contributed by atoms with Gasteiger partial charge in [0.15, 0.2) is 0 Å². The van der Waals surface area contributed by atoms with Crippen LogP contribution in [-0.4, -0.2) is 35.9 Å². The van der Waals surface area contributed by atoms with E-state index in [-0.39, 0.29) is 0 Å². The maximum Gasteiger partial charge on any atom is 0.213 e. The third kappa shape index (κ3) is 5.08. The molecule has 0 fully saturated rings. The Bertz CT molecular complexity index is 695. The number of aliphatic imine (C=N–C) groups is 1. The van der Waals surface area contributed by atoms with Crippen LogP contribution in [0.5, 0.6) is 5.88 Å². The summed E-state index contributed by atoms with van der Waals surface area (Å²) in [4.78, 5) is 11.0. The topological polar surface area (TPSA) is 37.7 Å². The summed E-state index contributed by atoms with van der Waals surface area (Å²) in [5.74, 6) is 0.650. The monoisotopic (exact) mass is 325 g/mol. The van der Waals surface area contributed by atoms with Crippen LogP contribution < -0.4 is 4.74 Å². The van der Waals surface area contributed by atoms with Gasteiger partial charge in [-0.2, -0.15) is 0 Å². The first-order chi connectivity index (χ1) is 11.5. The summed E-state index contributed by atoms with van der Waals surface area (Å²) in [7, 11) is 2.01. The molecule has 1 aromatic carbocycles. The number of hydrogen-bond acceptors (Lipinski definition) is 3. The molecule has 0 aliphatic carbocycles. The van der Waals surface area contributed by atoms with Crippen LogP contribution in [0.2, 0.25) is 0 Å². The van der Waals surface area contributed by atoms with Crippen molar-refractivity contribution >= 4 is 12.0 Å².